The van der Waals surface area contributed by atoms with Gasteiger partial charge in [-0.15, -0.1) is 0 Å². The predicted molar refractivity (Wildman–Crippen MR) is 102 cm³/mol. The molecule has 1 fully saturated rings. The van der Waals surface area contributed by atoms with Gasteiger partial charge in [0.15, 0.2) is 0 Å². The normalized spacial score (nSPS) is 16.5. The first-order valence-electron chi connectivity index (χ1n) is 8.82. The number of benzene rings is 2. The van der Waals surface area contributed by atoms with Crippen LogP contribution in [0.1, 0.15) is 22.3 Å². The number of amides is 1. The highest BCUT2D eigenvalue weighted by atomic mass is 35.5. The molecule has 0 bridgehead atoms. The summed E-state index contributed by atoms with van der Waals surface area (Å²) >= 11 is 5.91. The van der Waals surface area contributed by atoms with Crippen molar-refractivity contribution in [2.75, 3.05) is 26.2 Å². The summed E-state index contributed by atoms with van der Waals surface area (Å²) in [5, 5.41) is -0.278. The molecule has 5 nitrogen and oxygen atoms in total. The Hall–Kier alpha value is -2.10. The average molecular weight is 447 g/mol. The molecule has 1 amide bonds. The molecule has 0 unspecified atom stereocenters. The van der Waals surface area contributed by atoms with Gasteiger partial charge in [-0.2, -0.15) is 17.5 Å². The summed E-state index contributed by atoms with van der Waals surface area (Å²) in [5.74, 6) is -0.220. The van der Waals surface area contributed by atoms with Crippen LogP contribution in [0.4, 0.5) is 13.2 Å². The molecular formula is C19H18ClF3N2O3S. The van der Waals surface area contributed by atoms with Crippen LogP contribution >= 0.6 is 11.6 Å². The van der Waals surface area contributed by atoms with Crippen molar-refractivity contribution in [3.63, 3.8) is 0 Å². The summed E-state index contributed by atoms with van der Waals surface area (Å²) < 4.78 is 66.0. The molecule has 0 atom stereocenters. The predicted octanol–water partition coefficient (Wildman–Crippen LogP) is 3.90. The smallest absolute Gasteiger partial charge is 0.337 e. The van der Waals surface area contributed by atoms with Gasteiger partial charge in [-0.05, 0) is 36.8 Å². The van der Waals surface area contributed by atoms with E-state index in [1.807, 2.05) is 0 Å². The molecule has 0 N–H and O–H groups in total. The lowest BCUT2D eigenvalue weighted by Crippen LogP contribution is -2.37. The van der Waals surface area contributed by atoms with Gasteiger partial charge < -0.3 is 4.90 Å². The summed E-state index contributed by atoms with van der Waals surface area (Å²) in [6.45, 7) is 0.514. The molecule has 0 saturated carbocycles. The van der Waals surface area contributed by atoms with Gasteiger partial charge in [0.05, 0.1) is 10.6 Å². The van der Waals surface area contributed by atoms with E-state index in [4.69, 9.17) is 11.6 Å². The molecule has 10 heteroatoms. The molecule has 1 saturated heterocycles. The number of halogens is 4. The third-order valence-corrected chi connectivity index (χ3v) is 7.02. The molecule has 156 valence electrons. The minimum Gasteiger partial charge on any atom is -0.337 e. The van der Waals surface area contributed by atoms with Crippen LogP contribution in [-0.4, -0.2) is 49.7 Å². The highest BCUT2D eigenvalue weighted by molar-refractivity contribution is 7.89. The number of carbonyl (C=O) groups is 1. The maximum Gasteiger partial charge on any atom is 0.416 e. The van der Waals surface area contributed by atoms with Crippen LogP contribution in [0.5, 0.6) is 0 Å². The molecule has 29 heavy (non-hydrogen) atoms. The van der Waals surface area contributed by atoms with Gasteiger partial charge >= 0.3 is 6.18 Å². The zero-order valence-corrected chi connectivity index (χ0v) is 16.8. The monoisotopic (exact) mass is 446 g/mol. The van der Waals surface area contributed by atoms with E-state index < -0.39 is 26.7 Å². The fourth-order valence-corrected chi connectivity index (χ4v) is 5.09. The van der Waals surface area contributed by atoms with Gasteiger partial charge in [0.2, 0.25) is 10.0 Å². The zero-order valence-electron chi connectivity index (χ0n) is 15.2. The SMILES string of the molecule is O=C(c1ccccc1)N1CCCN(S(=O)(=O)c2cc(C(F)(F)F)ccc2Cl)CC1. The van der Waals surface area contributed by atoms with Crippen molar-refractivity contribution >= 4 is 27.5 Å². The Bertz CT molecular complexity index is 998. The Morgan fingerprint density at radius 2 is 1.66 bits per heavy atom. The molecule has 1 heterocycles. The molecule has 0 spiro atoms. The second kappa shape index (κ2) is 8.33. The third kappa shape index (κ3) is 4.73. The van der Waals surface area contributed by atoms with Crippen LogP contribution in [-0.2, 0) is 16.2 Å². The van der Waals surface area contributed by atoms with Crippen molar-refractivity contribution in [1.29, 1.82) is 0 Å². The minimum atomic E-state index is -4.69. The summed E-state index contributed by atoms with van der Waals surface area (Å²) in [6.07, 6.45) is -4.33. The van der Waals surface area contributed by atoms with Crippen molar-refractivity contribution in [3.8, 4) is 0 Å². The third-order valence-electron chi connectivity index (χ3n) is 4.64. The first kappa shape index (κ1) is 21.6. The van der Waals surface area contributed by atoms with Crippen molar-refractivity contribution in [2.45, 2.75) is 17.5 Å². The highest BCUT2D eigenvalue weighted by Crippen LogP contribution is 2.34. The van der Waals surface area contributed by atoms with E-state index in [1.165, 1.54) is 0 Å². The Kier molecular flexibility index (Phi) is 6.21. The largest absolute Gasteiger partial charge is 0.416 e. The quantitative estimate of drug-likeness (QED) is 0.718. The summed E-state index contributed by atoms with van der Waals surface area (Å²) in [6, 6.07) is 10.8. The second-order valence-corrected chi connectivity index (χ2v) is 8.87. The summed E-state index contributed by atoms with van der Waals surface area (Å²) in [5.41, 5.74) is -0.596. The van der Waals surface area contributed by atoms with Gasteiger partial charge in [0.25, 0.3) is 5.91 Å². The standard InChI is InChI=1S/C19H18ClF3N2O3S/c20-16-8-7-15(19(21,22)23)13-17(16)29(27,28)25-10-4-9-24(11-12-25)18(26)14-5-2-1-3-6-14/h1-3,5-8,13H,4,9-12H2. The second-order valence-electron chi connectivity index (χ2n) is 6.56. The Labute approximate surface area is 171 Å². The highest BCUT2D eigenvalue weighted by Gasteiger charge is 2.35. The number of hydrogen-bond donors (Lipinski definition) is 0. The van der Waals surface area contributed by atoms with E-state index in [2.05, 4.69) is 0 Å². The molecule has 2 aromatic rings. The van der Waals surface area contributed by atoms with Crippen molar-refractivity contribution in [3.05, 3.63) is 64.7 Å². The van der Waals surface area contributed by atoms with Gasteiger partial charge in [-0.3, -0.25) is 4.79 Å². The van der Waals surface area contributed by atoms with E-state index in [-0.39, 0.29) is 30.6 Å². The van der Waals surface area contributed by atoms with Crippen LogP contribution in [0, 0.1) is 0 Å². The minimum absolute atomic E-state index is 0.0342. The maximum atomic E-state index is 13.0. The number of carbonyl (C=O) groups excluding carboxylic acids is 1. The van der Waals surface area contributed by atoms with E-state index >= 15 is 0 Å². The fraction of sp³-hybridized carbons (Fsp3) is 0.316. The molecule has 3 rings (SSSR count). The van der Waals surface area contributed by atoms with Gasteiger partial charge in [0.1, 0.15) is 4.90 Å². The van der Waals surface area contributed by atoms with Crippen LogP contribution < -0.4 is 0 Å². The molecule has 0 radical (unpaired) electrons. The Morgan fingerprint density at radius 3 is 2.31 bits per heavy atom. The number of hydrogen-bond acceptors (Lipinski definition) is 3. The number of alkyl halides is 3. The lowest BCUT2D eigenvalue weighted by Gasteiger charge is -2.22. The average Bonchev–Trinajstić information content (AvgIpc) is 2.94. The summed E-state index contributed by atoms with van der Waals surface area (Å²) in [4.78, 5) is 13.6. The van der Waals surface area contributed by atoms with E-state index in [0.717, 1.165) is 16.4 Å². The topological polar surface area (TPSA) is 57.7 Å². The van der Waals surface area contributed by atoms with Crippen molar-refractivity contribution < 1.29 is 26.4 Å². The van der Waals surface area contributed by atoms with E-state index in [9.17, 15) is 26.4 Å². The lowest BCUT2D eigenvalue weighted by atomic mass is 10.2. The van der Waals surface area contributed by atoms with Crippen molar-refractivity contribution in [1.82, 2.24) is 9.21 Å². The molecule has 0 aromatic heterocycles. The van der Waals surface area contributed by atoms with Crippen LogP contribution in [0.2, 0.25) is 5.02 Å². The molecule has 2 aromatic carbocycles. The van der Waals surface area contributed by atoms with E-state index in [1.54, 1.807) is 35.2 Å². The maximum absolute atomic E-state index is 13.0. The molecule has 1 aliphatic heterocycles. The van der Waals surface area contributed by atoms with Gasteiger partial charge in [-0.25, -0.2) is 8.42 Å². The van der Waals surface area contributed by atoms with Crippen LogP contribution in [0.3, 0.4) is 0 Å². The Morgan fingerprint density at radius 1 is 0.966 bits per heavy atom. The first-order chi connectivity index (χ1) is 13.6. The number of sulfonamides is 1. The zero-order chi connectivity index (χ0) is 21.2. The summed E-state index contributed by atoms with van der Waals surface area (Å²) in [7, 11) is -4.25. The van der Waals surface area contributed by atoms with E-state index in [0.29, 0.717) is 24.6 Å². The molecule has 1 aliphatic rings. The van der Waals surface area contributed by atoms with Crippen molar-refractivity contribution in [2.24, 2.45) is 0 Å². The molecule has 0 aliphatic carbocycles. The van der Waals surface area contributed by atoms with Gasteiger partial charge in [0, 0.05) is 31.7 Å². The lowest BCUT2D eigenvalue weighted by molar-refractivity contribution is -0.137. The van der Waals surface area contributed by atoms with Crippen LogP contribution in [0.15, 0.2) is 53.4 Å². The number of nitrogens with zero attached hydrogens (tertiary/aromatic N) is 2. The first-order valence-corrected chi connectivity index (χ1v) is 10.6. The molecular weight excluding hydrogens is 429 g/mol. The van der Waals surface area contributed by atoms with Crippen LogP contribution in [0.25, 0.3) is 0 Å². The van der Waals surface area contributed by atoms with Gasteiger partial charge in [-0.1, -0.05) is 29.8 Å². The Balaban J connectivity index is 1.82. The fourth-order valence-electron chi connectivity index (χ4n) is 3.12. The number of rotatable bonds is 3.